The van der Waals surface area contributed by atoms with E-state index in [1.54, 1.807) is 31.3 Å². The molecule has 0 saturated heterocycles. The molecule has 1 aliphatic rings. The molecule has 0 bridgehead atoms. The summed E-state index contributed by atoms with van der Waals surface area (Å²) in [5, 5.41) is 0. The molecule has 2 N–H and O–H groups in total. The van der Waals surface area contributed by atoms with Crippen molar-refractivity contribution in [2.24, 2.45) is 0 Å². The fourth-order valence-electron chi connectivity index (χ4n) is 2.86. The normalized spacial score (nSPS) is 17.0. The predicted molar refractivity (Wildman–Crippen MR) is 96.3 cm³/mol. The van der Waals surface area contributed by atoms with Crippen LogP contribution in [-0.2, 0) is 14.8 Å². The van der Waals surface area contributed by atoms with Gasteiger partial charge < -0.3 is 14.1 Å². The number of H-pyrrole nitrogens is 1. The highest BCUT2D eigenvalue weighted by Crippen LogP contribution is 2.32. The number of anilines is 1. The number of fused-ring (bicyclic) bond motifs is 2. The van der Waals surface area contributed by atoms with Crippen molar-refractivity contribution in [2.45, 2.75) is 11.0 Å². The van der Waals surface area contributed by atoms with E-state index in [2.05, 4.69) is 9.71 Å². The van der Waals surface area contributed by atoms with Crippen molar-refractivity contribution in [1.29, 1.82) is 0 Å². The van der Waals surface area contributed by atoms with Crippen LogP contribution in [0.15, 0.2) is 56.6 Å². The van der Waals surface area contributed by atoms with Gasteiger partial charge in [-0.1, -0.05) is 12.1 Å². The first kappa shape index (κ1) is 17.3. The number of rotatable bonds is 4. The molecule has 2 aromatic carbocycles. The molecule has 1 aliphatic heterocycles. The van der Waals surface area contributed by atoms with Crippen LogP contribution in [0.25, 0.3) is 11.1 Å². The molecule has 0 aliphatic carbocycles. The molecule has 9 nitrogen and oxygen atoms in total. The van der Waals surface area contributed by atoms with Gasteiger partial charge in [-0.25, -0.2) is 17.9 Å². The zero-order chi connectivity index (χ0) is 19.2. The average Bonchev–Trinajstić information content (AvgIpc) is 3.02. The summed E-state index contributed by atoms with van der Waals surface area (Å²) < 4.78 is 38.0. The van der Waals surface area contributed by atoms with E-state index in [4.69, 9.17) is 9.15 Å². The third-order valence-electron chi connectivity index (χ3n) is 4.26. The fourth-order valence-corrected chi connectivity index (χ4v) is 3.91. The van der Waals surface area contributed by atoms with Crippen molar-refractivity contribution in [3.8, 4) is 5.75 Å². The Morgan fingerprint density at radius 2 is 1.96 bits per heavy atom. The van der Waals surface area contributed by atoms with E-state index in [0.717, 1.165) is 0 Å². The lowest BCUT2D eigenvalue weighted by molar-refractivity contribution is -0.125. The van der Waals surface area contributed by atoms with Crippen LogP contribution in [0.2, 0.25) is 0 Å². The summed E-state index contributed by atoms with van der Waals surface area (Å²) in [6, 6.07) is 11.0. The van der Waals surface area contributed by atoms with E-state index in [9.17, 15) is 18.0 Å². The van der Waals surface area contributed by atoms with Gasteiger partial charge in [0.15, 0.2) is 11.7 Å². The molecule has 1 unspecified atom stereocenters. The second kappa shape index (κ2) is 6.25. The standard InChI is InChI=1S/C17H15N3O6S/c1-20-12-4-2-3-5-13(12)25-15(16(20)21)9-18-27(23,24)10-6-7-11-14(8-10)26-17(22)19-11/h2-8,15,18H,9H2,1H3,(H,19,22). The van der Waals surface area contributed by atoms with Gasteiger partial charge in [-0.3, -0.25) is 9.78 Å². The number of ether oxygens (including phenoxy) is 1. The first-order valence-electron chi connectivity index (χ1n) is 8.01. The minimum Gasteiger partial charge on any atom is -0.477 e. The molecule has 1 amide bonds. The molecule has 0 fully saturated rings. The largest absolute Gasteiger partial charge is 0.477 e. The number of benzene rings is 2. The van der Waals surface area contributed by atoms with E-state index in [0.29, 0.717) is 17.0 Å². The number of hydrogen-bond donors (Lipinski definition) is 2. The minimum absolute atomic E-state index is 0.0882. The van der Waals surface area contributed by atoms with Gasteiger partial charge >= 0.3 is 5.76 Å². The van der Waals surface area contributed by atoms with Gasteiger partial charge in [0, 0.05) is 13.1 Å². The van der Waals surface area contributed by atoms with Gasteiger partial charge in [-0.2, -0.15) is 0 Å². The second-order valence-electron chi connectivity index (χ2n) is 6.00. The fraction of sp³-hybridized carbons (Fsp3) is 0.176. The van der Waals surface area contributed by atoms with Crippen LogP contribution < -0.4 is 20.1 Å². The van der Waals surface area contributed by atoms with E-state index in [-0.39, 0.29) is 22.9 Å². The molecule has 3 aromatic rings. The van der Waals surface area contributed by atoms with Crippen molar-refractivity contribution < 1.29 is 22.4 Å². The summed E-state index contributed by atoms with van der Waals surface area (Å²) in [6.07, 6.45) is -0.992. The Labute approximate surface area is 153 Å². The number of aromatic nitrogens is 1. The third-order valence-corrected chi connectivity index (χ3v) is 5.68. The number of sulfonamides is 1. The van der Waals surface area contributed by atoms with Crippen molar-refractivity contribution in [1.82, 2.24) is 9.71 Å². The topological polar surface area (TPSA) is 122 Å². The Kier molecular flexibility index (Phi) is 4.01. The maximum absolute atomic E-state index is 12.5. The molecular formula is C17H15N3O6S. The van der Waals surface area contributed by atoms with Gasteiger partial charge in [0.25, 0.3) is 5.91 Å². The molecule has 10 heteroatoms. The zero-order valence-electron chi connectivity index (χ0n) is 14.1. The quantitative estimate of drug-likeness (QED) is 0.681. The number of aromatic amines is 1. The highest BCUT2D eigenvalue weighted by Gasteiger charge is 2.33. The maximum atomic E-state index is 12.5. The van der Waals surface area contributed by atoms with Gasteiger partial charge in [0.05, 0.1) is 22.6 Å². The predicted octanol–water partition coefficient (Wildman–Crippen LogP) is 0.823. The molecule has 140 valence electrons. The lowest BCUT2D eigenvalue weighted by Gasteiger charge is -2.31. The lowest BCUT2D eigenvalue weighted by Crippen LogP contribution is -2.49. The lowest BCUT2D eigenvalue weighted by atomic mass is 10.2. The van der Waals surface area contributed by atoms with Crippen LogP contribution in [0.4, 0.5) is 5.69 Å². The van der Waals surface area contributed by atoms with Crippen LogP contribution in [-0.4, -0.2) is 39.0 Å². The van der Waals surface area contributed by atoms with E-state index in [1.165, 1.54) is 23.1 Å². The highest BCUT2D eigenvalue weighted by atomic mass is 32.2. The average molecular weight is 389 g/mol. The molecule has 27 heavy (non-hydrogen) atoms. The SMILES string of the molecule is CN1C(=O)C(CNS(=O)(=O)c2ccc3[nH]c(=O)oc3c2)Oc2ccccc21. The van der Waals surface area contributed by atoms with E-state index < -0.39 is 21.9 Å². The Bertz CT molecular complexity index is 1200. The Morgan fingerprint density at radius 3 is 2.78 bits per heavy atom. The molecule has 2 heterocycles. The summed E-state index contributed by atoms with van der Waals surface area (Å²) >= 11 is 0. The number of nitrogens with zero attached hydrogens (tertiary/aromatic N) is 1. The van der Waals surface area contributed by atoms with Crippen LogP contribution in [0, 0.1) is 0 Å². The second-order valence-corrected chi connectivity index (χ2v) is 7.76. The van der Waals surface area contributed by atoms with Crippen molar-refractivity contribution >= 4 is 32.7 Å². The summed E-state index contributed by atoms with van der Waals surface area (Å²) in [5.41, 5.74) is 1.14. The van der Waals surface area contributed by atoms with Gasteiger partial charge in [-0.15, -0.1) is 0 Å². The van der Waals surface area contributed by atoms with Gasteiger partial charge in [0.2, 0.25) is 10.0 Å². The highest BCUT2D eigenvalue weighted by molar-refractivity contribution is 7.89. The first-order valence-corrected chi connectivity index (χ1v) is 9.49. The summed E-state index contributed by atoms with van der Waals surface area (Å²) in [4.78, 5) is 27.4. The number of nitrogens with one attached hydrogen (secondary N) is 2. The molecule has 0 radical (unpaired) electrons. The summed E-state index contributed by atoms with van der Waals surface area (Å²) in [5.74, 6) is -0.529. The molecular weight excluding hydrogens is 374 g/mol. The first-order chi connectivity index (χ1) is 12.8. The monoisotopic (exact) mass is 389 g/mol. The Hall–Kier alpha value is -3.11. The van der Waals surface area contributed by atoms with E-state index >= 15 is 0 Å². The Balaban J connectivity index is 1.55. The Morgan fingerprint density at radius 1 is 1.19 bits per heavy atom. The number of carbonyl (C=O) groups excluding carboxylic acids is 1. The number of hydrogen-bond acceptors (Lipinski definition) is 6. The molecule has 4 rings (SSSR count). The van der Waals surface area contributed by atoms with Crippen LogP contribution in [0.5, 0.6) is 5.75 Å². The number of oxazole rings is 1. The molecule has 0 spiro atoms. The van der Waals surface area contributed by atoms with E-state index in [1.807, 2.05) is 0 Å². The number of para-hydroxylation sites is 2. The van der Waals surface area contributed by atoms with Crippen molar-refractivity contribution in [3.63, 3.8) is 0 Å². The van der Waals surface area contributed by atoms with Gasteiger partial charge in [-0.05, 0) is 24.3 Å². The molecule has 0 saturated carbocycles. The zero-order valence-corrected chi connectivity index (χ0v) is 14.9. The summed E-state index contributed by atoms with van der Waals surface area (Å²) in [6.45, 7) is -0.241. The number of likely N-dealkylation sites (N-methyl/N-ethyl adjacent to an activating group) is 1. The minimum atomic E-state index is -3.94. The molecule has 1 aromatic heterocycles. The van der Waals surface area contributed by atoms with Crippen molar-refractivity contribution in [2.75, 3.05) is 18.5 Å². The summed E-state index contributed by atoms with van der Waals surface area (Å²) in [7, 11) is -2.33. The maximum Gasteiger partial charge on any atom is 0.417 e. The number of carbonyl (C=O) groups is 1. The van der Waals surface area contributed by atoms with Gasteiger partial charge in [0.1, 0.15) is 5.75 Å². The third kappa shape index (κ3) is 3.09. The van der Waals surface area contributed by atoms with Crippen LogP contribution >= 0.6 is 0 Å². The number of amides is 1. The smallest absolute Gasteiger partial charge is 0.417 e. The van der Waals surface area contributed by atoms with Crippen molar-refractivity contribution in [3.05, 3.63) is 53.0 Å². The molecule has 1 atom stereocenters. The van der Waals surface area contributed by atoms with Crippen LogP contribution in [0.3, 0.4) is 0 Å². The van der Waals surface area contributed by atoms with Crippen LogP contribution in [0.1, 0.15) is 0 Å².